The highest BCUT2D eigenvalue weighted by Crippen LogP contribution is 2.45. The number of carbonyl (C=O) groups excluding carboxylic acids is 2. The van der Waals surface area contributed by atoms with Crippen LogP contribution in [0.4, 0.5) is 5.69 Å². The number of aryl methyl sites for hydroxylation is 2. The number of ketones is 1. The normalized spacial score (nSPS) is 17.3. The Kier molecular flexibility index (Phi) is 5.92. The van der Waals surface area contributed by atoms with Crippen molar-refractivity contribution in [3.63, 3.8) is 0 Å². The van der Waals surface area contributed by atoms with E-state index in [1.54, 1.807) is 43.5 Å². The number of amides is 1. The first-order valence-corrected chi connectivity index (χ1v) is 10.5. The lowest BCUT2D eigenvalue weighted by atomic mass is 9.94. The van der Waals surface area contributed by atoms with E-state index in [-0.39, 0.29) is 11.3 Å². The fraction of sp³-hybridized carbons (Fsp3) is 0.185. The molecule has 6 nitrogen and oxygen atoms in total. The maximum Gasteiger partial charge on any atom is 0.300 e. The molecule has 1 saturated heterocycles. The number of aliphatic hydroxyl groups excluding tert-OH is 1. The van der Waals surface area contributed by atoms with Gasteiger partial charge >= 0.3 is 0 Å². The third-order valence-electron chi connectivity index (χ3n) is 5.85. The van der Waals surface area contributed by atoms with Crippen LogP contribution in [0.3, 0.4) is 0 Å². The first-order valence-electron chi connectivity index (χ1n) is 10.5. The molecule has 1 heterocycles. The zero-order valence-corrected chi connectivity index (χ0v) is 19.0. The molecule has 1 aliphatic heterocycles. The number of anilines is 1. The van der Waals surface area contributed by atoms with Crippen LogP contribution < -0.4 is 14.4 Å². The van der Waals surface area contributed by atoms with Crippen LogP contribution >= 0.6 is 0 Å². The zero-order valence-electron chi connectivity index (χ0n) is 19.0. The largest absolute Gasteiger partial charge is 0.507 e. The number of aliphatic hydroxyl groups is 1. The maximum atomic E-state index is 13.3. The van der Waals surface area contributed by atoms with E-state index in [0.29, 0.717) is 28.3 Å². The number of Topliss-reactive ketones (excluding diaryl/α,β-unsaturated/α-hetero) is 1. The molecule has 1 N–H and O–H groups in total. The van der Waals surface area contributed by atoms with E-state index >= 15 is 0 Å². The standard InChI is InChI=1S/C27H25NO5/c1-16-9-14-21(17(2)15-16)28-24(20-7-5-6-8-22(20)33-4)23(26(30)27(28)31)25(29)18-10-12-19(32-3)13-11-18/h5-15,24,29H,1-4H3/b25-23+. The molecule has 0 spiro atoms. The summed E-state index contributed by atoms with van der Waals surface area (Å²) in [7, 11) is 3.08. The molecule has 1 amide bonds. The molecular weight excluding hydrogens is 418 g/mol. The van der Waals surface area contributed by atoms with Crippen LogP contribution in [-0.2, 0) is 9.59 Å². The number of ether oxygens (including phenoxy) is 2. The van der Waals surface area contributed by atoms with Gasteiger partial charge in [0.1, 0.15) is 17.3 Å². The quantitative estimate of drug-likeness (QED) is 0.343. The lowest BCUT2D eigenvalue weighted by molar-refractivity contribution is -0.132. The van der Waals surface area contributed by atoms with E-state index in [0.717, 1.165) is 11.1 Å². The number of rotatable bonds is 5. The second kappa shape index (κ2) is 8.82. The number of hydrogen-bond donors (Lipinski definition) is 1. The Balaban J connectivity index is 1.98. The van der Waals surface area contributed by atoms with E-state index in [1.165, 1.54) is 12.0 Å². The summed E-state index contributed by atoms with van der Waals surface area (Å²) in [6, 6.07) is 18.7. The predicted molar refractivity (Wildman–Crippen MR) is 127 cm³/mol. The molecule has 1 atom stereocenters. The summed E-state index contributed by atoms with van der Waals surface area (Å²) in [6.45, 7) is 3.86. The third-order valence-corrected chi connectivity index (χ3v) is 5.85. The lowest BCUT2D eigenvalue weighted by Crippen LogP contribution is -2.30. The Hall–Kier alpha value is -4.06. The monoisotopic (exact) mass is 443 g/mol. The molecule has 0 aromatic heterocycles. The van der Waals surface area contributed by atoms with E-state index in [9.17, 15) is 14.7 Å². The summed E-state index contributed by atoms with van der Waals surface area (Å²) in [4.78, 5) is 28.1. The van der Waals surface area contributed by atoms with Gasteiger partial charge in [0, 0.05) is 16.8 Å². The molecule has 6 heteroatoms. The van der Waals surface area contributed by atoms with Crippen molar-refractivity contribution in [2.45, 2.75) is 19.9 Å². The highest BCUT2D eigenvalue weighted by molar-refractivity contribution is 6.51. The fourth-order valence-electron chi connectivity index (χ4n) is 4.25. The topological polar surface area (TPSA) is 76.1 Å². The molecule has 1 fully saturated rings. The number of para-hydroxylation sites is 1. The maximum absolute atomic E-state index is 13.3. The van der Waals surface area contributed by atoms with Gasteiger partial charge in [0.25, 0.3) is 11.7 Å². The van der Waals surface area contributed by atoms with Crippen molar-refractivity contribution in [3.05, 3.63) is 94.6 Å². The summed E-state index contributed by atoms with van der Waals surface area (Å²) in [6.07, 6.45) is 0. The van der Waals surface area contributed by atoms with Gasteiger partial charge in [0.2, 0.25) is 0 Å². The van der Waals surface area contributed by atoms with Gasteiger partial charge in [0.15, 0.2) is 0 Å². The molecule has 3 aromatic rings. The lowest BCUT2D eigenvalue weighted by Gasteiger charge is -2.28. The second-order valence-electron chi connectivity index (χ2n) is 7.93. The SMILES string of the molecule is COc1ccc(/C(O)=C2\C(=O)C(=O)N(c3ccc(C)cc3C)C2c2ccccc2OC)cc1. The Labute approximate surface area is 192 Å². The minimum absolute atomic E-state index is 0.00893. The molecule has 1 aliphatic rings. The van der Waals surface area contributed by atoms with Gasteiger partial charge in [0.05, 0.1) is 25.8 Å². The molecule has 33 heavy (non-hydrogen) atoms. The summed E-state index contributed by atoms with van der Waals surface area (Å²) >= 11 is 0. The van der Waals surface area contributed by atoms with Crippen LogP contribution in [0, 0.1) is 13.8 Å². The van der Waals surface area contributed by atoms with Crippen molar-refractivity contribution in [1.82, 2.24) is 0 Å². The second-order valence-corrected chi connectivity index (χ2v) is 7.93. The summed E-state index contributed by atoms with van der Waals surface area (Å²) in [5, 5.41) is 11.2. The average Bonchev–Trinajstić information content (AvgIpc) is 3.09. The molecule has 168 valence electrons. The average molecular weight is 443 g/mol. The Morgan fingerprint density at radius 1 is 0.909 bits per heavy atom. The number of carbonyl (C=O) groups is 2. The van der Waals surface area contributed by atoms with Crippen molar-refractivity contribution in [1.29, 1.82) is 0 Å². The summed E-state index contributed by atoms with van der Waals surface area (Å²) < 4.78 is 10.7. The number of hydrogen-bond acceptors (Lipinski definition) is 5. The van der Waals surface area contributed by atoms with Crippen molar-refractivity contribution in [2.24, 2.45) is 0 Å². The van der Waals surface area contributed by atoms with E-state index in [4.69, 9.17) is 9.47 Å². The van der Waals surface area contributed by atoms with Crippen molar-refractivity contribution >= 4 is 23.1 Å². The number of nitrogens with zero attached hydrogens (tertiary/aromatic N) is 1. The third kappa shape index (κ3) is 3.84. The fourth-order valence-corrected chi connectivity index (χ4v) is 4.25. The van der Waals surface area contributed by atoms with Gasteiger partial charge in [-0.3, -0.25) is 14.5 Å². The van der Waals surface area contributed by atoms with Gasteiger partial charge in [-0.2, -0.15) is 0 Å². The van der Waals surface area contributed by atoms with Crippen molar-refractivity contribution < 1.29 is 24.2 Å². The molecule has 1 unspecified atom stereocenters. The van der Waals surface area contributed by atoms with Gasteiger partial charge in [-0.25, -0.2) is 0 Å². The van der Waals surface area contributed by atoms with Gasteiger partial charge in [-0.05, 0) is 55.8 Å². The summed E-state index contributed by atoms with van der Waals surface area (Å²) in [5.74, 6) is -0.574. The molecule has 4 rings (SSSR count). The Bertz CT molecular complexity index is 1260. The highest BCUT2D eigenvalue weighted by atomic mass is 16.5. The first-order chi connectivity index (χ1) is 15.9. The Morgan fingerprint density at radius 3 is 2.24 bits per heavy atom. The number of methoxy groups -OCH3 is 2. The minimum atomic E-state index is -0.857. The molecular formula is C27H25NO5. The van der Waals surface area contributed by atoms with E-state index < -0.39 is 17.7 Å². The van der Waals surface area contributed by atoms with Crippen molar-refractivity contribution in [2.75, 3.05) is 19.1 Å². The van der Waals surface area contributed by atoms with Crippen LogP contribution in [0.2, 0.25) is 0 Å². The molecule has 0 radical (unpaired) electrons. The van der Waals surface area contributed by atoms with E-state index in [2.05, 4.69) is 0 Å². The van der Waals surface area contributed by atoms with Gasteiger partial charge < -0.3 is 14.6 Å². The molecule has 0 saturated carbocycles. The smallest absolute Gasteiger partial charge is 0.300 e. The van der Waals surface area contributed by atoms with Gasteiger partial charge in [-0.1, -0.05) is 35.9 Å². The number of benzene rings is 3. The molecule has 0 aliphatic carbocycles. The van der Waals surface area contributed by atoms with Crippen molar-refractivity contribution in [3.8, 4) is 11.5 Å². The molecule has 3 aromatic carbocycles. The van der Waals surface area contributed by atoms with Crippen LogP contribution in [0.15, 0.2) is 72.3 Å². The minimum Gasteiger partial charge on any atom is -0.507 e. The Morgan fingerprint density at radius 2 is 1.61 bits per heavy atom. The highest BCUT2D eigenvalue weighted by Gasteiger charge is 2.48. The zero-order chi connectivity index (χ0) is 23.7. The van der Waals surface area contributed by atoms with Crippen LogP contribution in [0.1, 0.15) is 28.3 Å². The predicted octanol–water partition coefficient (Wildman–Crippen LogP) is 4.95. The van der Waals surface area contributed by atoms with E-state index in [1.807, 2.05) is 44.2 Å². The van der Waals surface area contributed by atoms with Crippen LogP contribution in [-0.4, -0.2) is 31.0 Å². The van der Waals surface area contributed by atoms with Crippen LogP contribution in [0.25, 0.3) is 5.76 Å². The summed E-state index contributed by atoms with van der Waals surface area (Å²) in [5.41, 5.74) is 3.52. The van der Waals surface area contributed by atoms with Crippen LogP contribution in [0.5, 0.6) is 11.5 Å². The van der Waals surface area contributed by atoms with Gasteiger partial charge in [-0.15, -0.1) is 0 Å². The molecule has 0 bridgehead atoms. The first kappa shape index (κ1) is 22.1.